The molecule has 5 nitrogen and oxygen atoms in total. The van der Waals surface area contributed by atoms with Gasteiger partial charge in [-0.2, -0.15) is 0 Å². The second-order valence-corrected chi connectivity index (χ2v) is 2.77. The van der Waals surface area contributed by atoms with Crippen LogP contribution >= 0.6 is 0 Å². The van der Waals surface area contributed by atoms with Gasteiger partial charge in [-0.15, -0.1) is 18.9 Å². The molecular formula is C10H14N2O3. The fourth-order valence-corrected chi connectivity index (χ4v) is 0.846. The van der Waals surface area contributed by atoms with Gasteiger partial charge in [-0.25, -0.2) is 9.59 Å². The van der Waals surface area contributed by atoms with E-state index in [0.29, 0.717) is 13.0 Å². The fraction of sp³-hybridized carbons (Fsp3) is 0.400. The quantitative estimate of drug-likeness (QED) is 0.336. The summed E-state index contributed by atoms with van der Waals surface area (Å²) >= 11 is 0. The van der Waals surface area contributed by atoms with Crippen molar-refractivity contribution in [2.45, 2.75) is 18.9 Å². The molecule has 0 saturated heterocycles. The summed E-state index contributed by atoms with van der Waals surface area (Å²) in [6.07, 6.45) is 7.00. The molecule has 0 heterocycles. The summed E-state index contributed by atoms with van der Waals surface area (Å²) in [5.41, 5.74) is 0. The Balaban J connectivity index is 3.95. The first-order valence-electron chi connectivity index (χ1n) is 4.43. The zero-order chi connectivity index (χ0) is 11.7. The molecular weight excluding hydrogens is 196 g/mol. The summed E-state index contributed by atoms with van der Waals surface area (Å²) in [7, 11) is 0. The number of terminal acetylenes is 1. The van der Waals surface area contributed by atoms with Gasteiger partial charge in [0.15, 0.2) is 0 Å². The molecule has 0 rings (SSSR count). The number of carbonyl (C=O) groups is 2. The van der Waals surface area contributed by atoms with Gasteiger partial charge in [-0.3, -0.25) is 0 Å². The molecule has 0 bridgehead atoms. The SMILES string of the molecule is C#CCCNC(=O)NC(CC=C)C(=O)O. The van der Waals surface area contributed by atoms with Crippen molar-refractivity contribution in [2.24, 2.45) is 0 Å². The number of hydrogen-bond donors (Lipinski definition) is 3. The molecule has 0 fully saturated rings. The van der Waals surface area contributed by atoms with Gasteiger partial charge in [0.05, 0.1) is 0 Å². The molecule has 0 aliphatic carbocycles. The maximum Gasteiger partial charge on any atom is 0.326 e. The predicted molar refractivity (Wildman–Crippen MR) is 56.2 cm³/mol. The van der Waals surface area contributed by atoms with E-state index in [2.05, 4.69) is 23.1 Å². The molecule has 2 amide bonds. The van der Waals surface area contributed by atoms with E-state index in [1.54, 1.807) is 0 Å². The van der Waals surface area contributed by atoms with Crippen LogP contribution in [-0.4, -0.2) is 29.7 Å². The molecule has 15 heavy (non-hydrogen) atoms. The van der Waals surface area contributed by atoms with E-state index in [4.69, 9.17) is 11.5 Å². The molecule has 0 aliphatic rings. The number of urea groups is 1. The van der Waals surface area contributed by atoms with Gasteiger partial charge in [-0.05, 0) is 6.42 Å². The van der Waals surface area contributed by atoms with Crippen LogP contribution in [0.5, 0.6) is 0 Å². The third kappa shape index (κ3) is 6.16. The van der Waals surface area contributed by atoms with Crippen LogP contribution in [0.2, 0.25) is 0 Å². The number of nitrogens with one attached hydrogen (secondary N) is 2. The normalized spacial score (nSPS) is 10.9. The summed E-state index contributed by atoms with van der Waals surface area (Å²) in [6, 6.07) is -1.49. The zero-order valence-corrected chi connectivity index (χ0v) is 8.32. The highest BCUT2D eigenvalue weighted by atomic mass is 16.4. The lowest BCUT2D eigenvalue weighted by Crippen LogP contribution is -2.45. The highest BCUT2D eigenvalue weighted by Crippen LogP contribution is 1.92. The number of carboxylic acid groups (broad SMARTS) is 1. The Morgan fingerprint density at radius 1 is 1.60 bits per heavy atom. The first kappa shape index (κ1) is 13.0. The molecule has 82 valence electrons. The highest BCUT2D eigenvalue weighted by Gasteiger charge is 2.17. The average molecular weight is 210 g/mol. The van der Waals surface area contributed by atoms with Gasteiger partial charge in [0.25, 0.3) is 0 Å². The first-order chi connectivity index (χ1) is 7.11. The van der Waals surface area contributed by atoms with E-state index in [1.807, 2.05) is 0 Å². The monoisotopic (exact) mass is 210 g/mol. The van der Waals surface area contributed by atoms with Crippen LogP contribution in [0.1, 0.15) is 12.8 Å². The molecule has 0 saturated carbocycles. The van der Waals surface area contributed by atoms with Crippen molar-refractivity contribution in [3.05, 3.63) is 12.7 Å². The smallest absolute Gasteiger partial charge is 0.326 e. The number of hydrogen-bond acceptors (Lipinski definition) is 2. The Bertz CT molecular complexity index is 281. The number of aliphatic carboxylic acids is 1. The van der Waals surface area contributed by atoms with Gasteiger partial charge in [-0.1, -0.05) is 6.08 Å². The molecule has 0 radical (unpaired) electrons. The Labute approximate surface area is 88.6 Å². The Morgan fingerprint density at radius 2 is 2.27 bits per heavy atom. The van der Waals surface area contributed by atoms with Crippen molar-refractivity contribution >= 4 is 12.0 Å². The van der Waals surface area contributed by atoms with Crippen molar-refractivity contribution in [3.63, 3.8) is 0 Å². The average Bonchev–Trinajstić information content (AvgIpc) is 2.17. The molecule has 5 heteroatoms. The van der Waals surface area contributed by atoms with Gasteiger partial charge >= 0.3 is 12.0 Å². The Kier molecular flexibility index (Phi) is 6.47. The maximum atomic E-state index is 11.1. The standard InChI is InChI=1S/C10H14N2O3/c1-3-5-7-11-10(15)12-8(6-4-2)9(13)14/h1,4,8H,2,5-7H2,(H,13,14)(H2,11,12,15). The minimum atomic E-state index is -1.10. The van der Waals surface area contributed by atoms with Crippen LogP contribution < -0.4 is 10.6 Å². The lowest BCUT2D eigenvalue weighted by molar-refractivity contribution is -0.139. The van der Waals surface area contributed by atoms with Gasteiger partial charge in [0, 0.05) is 13.0 Å². The van der Waals surface area contributed by atoms with Crippen LogP contribution in [-0.2, 0) is 4.79 Å². The third-order valence-corrected chi connectivity index (χ3v) is 1.56. The Hall–Kier alpha value is -1.96. The van der Waals surface area contributed by atoms with Gasteiger partial charge in [0.2, 0.25) is 0 Å². The highest BCUT2D eigenvalue weighted by molar-refractivity contribution is 5.82. The van der Waals surface area contributed by atoms with Crippen LogP contribution in [0.15, 0.2) is 12.7 Å². The number of carboxylic acids is 1. The summed E-state index contributed by atoms with van der Waals surface area (Å²) in [6.45, 7) is 3.73. The van der Waals surface area contributed by atoms with Crippen LogP contribution in [0.3, 0.4) is 0 Å². The second-order valence-electron chi connectivity index (χ2n) is 2.77. The van der Waals surface area contributed by atoms with Crippen molar-refractivity contribution in [1.82, 2.24) is 10.6 Å². The summed E-state index contributed by atoms with van der Waals surface area (Å²) < 4.78 is 0. The van der Waals surface area contributed by atoms with E-state index in [9.17, 15) is 9.59 Å². The van der Waals surface area contributed by atoms with Crippen molar-refractivity contribution in [1.29, 1.82) is 0 Å². The molecule has 0 aromatic carbocycles. The summed E-state index contributed by atoms with van der Waals surface area (Å²) in [5.74, 6) is 1.25. The molecule has 0 aliphatic heterocycles. The van der Waals surface area contributed by atoms with Gasteiger partial charge < -0.3 is 15.7 Å². The summed E-state index contributed by atoms with van der Waals surface area (Å²) in [5, 5.41) is 13.4. The Morgan fingerprint density at radius 3 is 2.73 bits per heavy atom. The summed E-state index contributed by atoms with van der Waals surface area (Å²) in [4.78, 5) is 21.8. The minimum absolute atomic E-state index is 0.178. The van der Waals surface area contributed by atoms with E-state index < -0.39 is 18.0 Å². The lowest BCUT2D eigenvalue weighted by atomic mass is 10.2. The molecule has 0 spiro atoms. The molecule has 0 aromatic rings. The topological polar surface area (TPSA) is 78.4 Å². The fourth-order valence-electron chi connectivity index (χ4n) is 0.846. The molecule has 1 unspecified atom stereocenters. The van der Waals surface area contributed by atoms with E-state index >= 15 is 0 Å². The van der Waals surface area contributed by atoms with Crippen LogP contribution in [0.25, 0.3) is 0 Å². The largest absolute Gasteiger partial charge is 0.480 e. The molecule has 3 N–H and O–H groups in total. The van der Waals surface area contributed by atoms with Gasteiger partial charge in [0.1, 0.15) is 6.04 Å². The van der Waals surface area contributed by atoms with E-state index in [1.165, 1.54) is 6.08 Å². The first-order valence-corrected chi connectivity index (χ1v) is 4.43. The third-order valence-electron chi connectivity index (χ3n) is 1.56. The predicted octanol–water partition coefficient (Wildman–Crippen LogP) is 0.338. The van der Waals surface area contributed by atoms with Crippen molar-refractivity contribution < 1.29 is 14.7 Å². The van der Waals surface area contributed by atoms with Crippen molar-refractivity contribution in [2.75, 3.05) is 6.54 Å². The van der Waals surface area contributed by atoms with E-state index in [-0.39, 0.29) is 6.42 Å². The zero-order valence-electron chi connectivity index (χ0n) is 8.32. The van der Waals surface area contributed by atoms with Crippen LogP contribution in [0, 0.1) is 12.3 Å². The minimum Gasteiger partial charge on any atom is -0.480 e. The lowest BCUT2D eigenvalue weighted by Gasteiger charge is -2.12. The second kappa shape index (κ2) is 7.44. The van der Waals surface area contributed by atoms with E-state index in [0.717, 1.165) is 0 Å². The number of amides is 2. The molecule has 0 aromatic heterocycles. The number of rotatable bonds is 6. The van der Waals surface area contributed by atoms with Crippen LogP contribution in [0.4, 0.5) is 4.79 Å². The molecule has 1 atom stereocenters. The maximum absolute atomic E-state index is 11.1. The van der Waals surface area contributed by atoms with Crippen molar-refractivity contribution in [3.8, 4) is 12.3 Å². The number of carbonyl (C=O) groups excluding carboxylic acids is 1.